The third kappa shape index (κ3) is 4.03. The van der Waals surface area contributed by atoms with Crippen molar-refractivity contribution in [2.75, 3.05) is 31.9 Å². The Balaban J connectivity index is 1.86. The van der Waals surface area contributed by atoms with Crippen LogP contribution in [0.25, 0.3) is 0 Å². The average molecular weight is 282 g/mol. The molecule has 1 aromatic rings. The van der Waals surface area contributed by atoms with E-state index in [1.54, 1.807) is 4.31 Å². The molecule has 1 aliphatic heterocycles. The Morgan fingerprint density at radius 1 is 1.05 bits per heavy atom. The van der Waals surface area contributed by atoms with Crippen molar-refractivity contribution in [3.05, 3.63) is 35.9 Å². The summed E-state index contributed by atoms with van der Waals surface area (Å²) in [6.45, 7) is 5.69. The lowest BCUT2D eigenvalue weighted by Gasteiger charge is -2.33. The van der Waals surface area contributed by atoms with Crippen LogP contribution in [0.2, 0.25) is 0 Å². The normalized spacial score (nSPS) is 18.6. The van der Waals surface area contributed by atoms with Crippen molar-refractivity contribution in [3.8, 4) is 0 Å². The number of piperazine rings is 1. The highest BCUT2D eigenvalue weighted by Gasteiger charge is 2.25. The number of benzene rings is 1. The zero-order valence-electron chi connectivity index (χ0n) is 11.5. The Morgan fingerprint density at radius 2 is 1.68 bits per heavy atom. The summed E-state index contributed by atoms with van der Waals surface area (Å²) < 4.78 is 25.6. The van der Waals surface area contributed by atoms with Gasteiger partial charge in [0.25, 0.3) is 0 Å². The second kappa shape index (κ2) is 6.50. The Hall–Kier alpha value is -0.910. The second-order valence-electron chi connectivity index (χ2n) is 4.98. The van der Waals surface area contributed by atoms with Gasteiger partial charge in [-0.25, -0.2) is 8.42 Å². The van der Waals surface area contributed by atoms with Gasteiger partial charge in [0.15, 0.2) is 0 Å². The molecule has 0 aliphatic carbocycles. The molecule has 0 radical (unpaired) electrons. The van der Waals surface area contributed by atoms with Gasteiger partial charge in [0.2, 0.25) is 10.0 Å². The summed E-state index contributed by atoms with van der Waals surface area (Å²) in [6, 6.07) is 10.3. The summed E-state index contributed by atoms with van der Waals surface area (Å²) in [5, 5.41) is 0. The molecule has 1 saturated heterocycles. The molecule has 106 valence electrons. The minimum absolute atomic E-state index is 0.270. The van der Waals surface area contributed by atoms with Gasteiger partial charge in [-0.15, -0.1) is 0 Å². The maximum atomic E-state index is 12.0. The molecule has 19 heavy (non-hydrogen) atoms. The van der Waals surface area contributed by atoms with E-state index in [0.29, 0.717) is 19.5 Å². The van der Waals surface area contributed by atoms with Gasteiger partial charge >= 0.3 is 0 Å². The molecule has 0 spiro atoms. The van der Waals surface area contributed by atoms with Gasteiger partial charge in [-0.2, -0.15) is 4.31 Å². The quantitative estimate of drug-likeness (QED) is 0.822. The van der Waals surface area contributed by atoms with E-state index in [1.807, 2.05) is 25.1 Å². The van der Waals surface area contributed by atoms with Gasteiger partial charge in [-0.05, 0) is 12.0 Å². The second-order valence-corrected chi connectivity index (χ2v) is 7.07. The van der Waals surface area contributed by atoms with Crippen LogP contribution in [0.3, 0.4) is 0 Å². The number of sulfonamides is 1. The first-order valence-corrected chi connectivity index (χ1v) is 8.47. The summed E-state index contributed by atoms with van der Waals surface area (Å²) in [6.07, 6.45) is 0.687. The average Bonchev–Trinajstić information content (AvgIpc) is 2.40. The lowest BCUT2D eigenvalue weighted by atomic mass is 10.2. The van der Waals surface area contributed by atoms with Gasteiger partial charge in [0.05, 0.1) is 5.75 Å². The van der Waals surface area contributed by atoms with Crippen molar-refractivity contribution in [1.82, 2.24) is 9.21 Å². The smallest absolute Gasteiger partial charge is 0.214 e. The van der Waals surface area contributed by atoms with E-state index < -0.39 is 10.0 Å². The molecular weight excluding hydrogens is 260 g/mol. The molecule has 0 saturated carbocycles. The highest BCUT2D eigenvalue weighted by molar-refractivity contribution is 7.89. The van der Waals surface area contributed by atoms with Crippen molar-refractivity contribution < 1.29 is 8.42 Å². The van der Waals surface area contributed by atoms with Gasteiger partial charge in [0.1, 0.15) is 0 Å². The Labute approximate surface area is 116 Å². The molecule has 1 aromatic carbocycles. The maximum Gasteiger partial charge on any atom is 0.214 e. The lowest BCUT2D eigenvalue weighted by molar-refractivity contribution is 0.181. The molecule has 0 atom stereocenters. The zero-order chi connectivity index (χ0) is 13.7. The molecule has 4 nitrogen and oxygen atoms in total. The minimum atomic E-state index is -3.02. The first-order valence-electron chi connectivity index (χ1n) is 6.86. The van der Waals surface area contributed by atoms with Gasteiger partial charge < -0.3 is 0 Å². The molecule has 0 aromatic heterocycles. The SMILES string of the molecule is CCCS(=O)(=O)N1CCN(Cc2ccccc2)CC1. The molecule has 5 heteroatoms. The van der Waals surface area contributed by atoms with Gasteiger partial charge in [-0.1, -0.05) is 37.3 Å². The van der Waals surface area contributed by atoms with Crippen LogP contribution in [0.1, 0.15) is 18.9 Å². The minimum Gasteiger partial charge on any atom is -0.296 e. The summed E-state index contributed by atoms with van der Waals surface area (Å²) in [5.41, 5.74) is 1.28. The van der Waals surface area contributed by atoms with Crippen LogP contribution in [0.5, 0.6) is 0 Å². The molecule has 0 amide bonds. The van der Waals surface area contributed by atoms with Crippen molar-refractivity contribution in [3.63, 3.8) is 0 Å². The fraction of sp³-hybridized carbons (Fsp3) is 0.571. The largest absolute Gasteiger partial charge is 0.296 e. The number of nitrogens with zero attached hydrogens (tertiary/aromatic N) is 2. The Morgan fingerprint density at radius 3 is 2.26 bits per heavy atom. The maximum absolute atomic E-state index is 12.0. The summed E-state index contributed by atoms with van der Waals surface area (Å²) in [5.74, 6) is 0.270. The van der Waals surface area contributed by atoms with Crippen LogP contribution in [0, 0.1) is 0 Å². The van der Waals surface area contributed by atoms with Crippen molar-refractivity contribution >= 4 is 10.0 Å². The summed E-state index contributed by atoms with van der Waals surface area (Å²) >= 11 is 0. The lowest BCUT2D eigenvalue weighted by Crippen LogP contribution is -2.48. The molecule has 1 aliphatic rings. The fourth-order valence-corrected chi connectivity index (χ4v) is 3.89. The highest BCUT2D eigenvalue weighted by atomic mass is 32.2. The highest BCUT2D eigenvalue weighted by Crippen LogP contribution is 2.12. The van der Waals surface area contributed by atoms with Crippen molar-refractivity contribution in [1.29, 1.82) is 0 Å². The van der Waals surface area contributed by atoms with E-state index in [-0.39, 0.29) is 5.75 Å². The standard InChI is InChI=1S/C14H22N2O2S/c1-2-12-19(17,18)16-10-8-15(9-11-16)13-14-6-4-3-5-7-14/h3-7H,2,8-13H2,1H3. The molecule has 1 fully saturated rings. The molecule has 0 bridgehead atoms. The van der Waals surface area contributed by atoms with E-state index >= 15 is 0 Å². The van der Waals surface area contributed by atoms with Gasteiger partial charge in [0, 0.05) is 32.7 Å². The topological polar surface area (TPSA) is 40.6 Å². The summed E-state index contributed by atoms with van der Waals surface area (Å²) in [7, 11) is -3.02. The van der Waals surface area contributed by atoms with E-state index in [1.165, 1.54) is 5.56 Å². The molecular formula is C14H22N2O2S. The summed E-state index contributed by atoms with van der Waals surface area (Å²) in [4.78, 5) is 2.31. The zero-order valence-corrected chi connectivity index (χ0v) is 12.3. The molecule has 2 rings (SSSR count). The van der Waals surface area contributed by atoms with Crippen LogP contribution in [-0.4, -0.2) is 49.6 Å². The molecule has 1 heterocycles. The van der Waals surface area contributed by atoms with Gasteiger partial charge in [-0.3, -0.25) is 4.90 Å². The van der Waals surface area contributed by atoms with Crippen LogP contribution < -0.4 is 0 Å². The third-order valence-electron chi connectivity index (χ3n) is 3.44. The first-order chi connectivity index (χ1) is 9.12. The van der Waals surface area contributed by atoms with Crippen LogP contribution in [-0.2, 0) is 16.6 Å². The monoisotopic (exact) mass is 282 g/mol. The number of hydrogen-bond acceptors (Lipinski definition) is 3. The van der Waals surface area contributed by atoms with Crippen LogP contribution >= 0.6 is 0 Å². The van der Waals surface area contributed by atoms with E-state index in [9.17, 15) is 8.42 Å². The number of rotatable bonds is 5. The predicted octanol–water partition coefficient (Wildman–Crippen LogP) is 1.54. The molecule has 0 unspecified atom stereocenters. The van der Waals surface area contributed by atoms with E-state index in [4.69, 9.17) is 0 Å². The van der Waals surface area contributed by atoms with E-state index in [2.05, 4.69) is 17.0 Å². The van der Waals surface area contributed by atoms with Crippen LogP contribution in [0.15, 0.2) is 30.3 Å². The fourth-order valence-electron chi connectivity index (χ4n) is 2.39. The Bertz CT molecular complexity index is 479. The third-order valence-corrected chi connectivity index (χ3v) is 5.51. The number of hydrogen-bond donors (Lipinski definition) is 0. The molecule has 0 N–H and O–H groups in total. The first kappa shape index (κ1) is 14.5. The van der Waals surface area contributed by atoms with Crippen molar-refractivity contribution in [2.24, 2.45) is 0 Å². The van der Waals surface area contributed by atoms with E-state index in [0.717, 1.165) is 19.6 Å². The van der Waals surface area contributed by atoms with Crippen LogP contribution in [0.4, 0.5) is 0 Å². The predicted molar refractivity (Wildman–Crippen MR) is 77.4 cm³/mol. The van der Waals surface area contributed by atoms with Crippen molar-refractivity contribution in [2.45, 2.75) is 19.9 Å². The Kier molecular flexibility index (Phi) is 4.96.